The average Bonchev–Trinajstić information content (AvgIpc) is 3.79. The molecule has 8 nitrogen and oxygen atoms in total. The minimum Gasteiger partial charge on any atom is -0.480 e. The lowest BCUT2D eigenvalue weighted by atomic mass is 9.44. The highest BCUT2D eigenvalue weighted by molar-refractivity contribution is 5.74. The molecule has 0 heterocycles. The summed E-state index contributed by atoms with van der Waals surface area (Å²) < 4.78 is 0. The summed E-state index contributed by atoms with van der Waals surface area (Å²) in [5.74, 6) is 9.65. The number of fused-ring (bicyclic) bond motifs is 10. The highest BCUT2D eigenvalue weighted by Gasteiger charge is 2.61. The van der Waals surface area contributed by atoms with Gasteiger partial charge in [-0.05, 0) is 228 Å². The number of carbonyl (C=O) groups is 3. The number of carbonyl (C=O) groups excluding carboxylic acids is 2. The monoisotopic (exact) mass is 865 g/mol. The van der Waals surface area contributed by atoms with Crippen LogP contribution in [0, 0.1) is 92.7 Å². The molecule has 2 amide bonds. The number of unbranched alkanes of at least 4 members (excludes halogenated alkanes) is 1. The zero-order valence-corrected chi connectivity index (χ0v) is 40.8. The Bertz CT molecular complexity index is 1410. The molecule has 0 bridgehead atoms. The third-order valence-electron chi connectivity index (χ3n) is 21.7. The second-order valence-electron chi connectivity index (χ2n) is 24.5. The van der Waals surface area contributed by atoms with Crippen molar-refractivity contribution in [3.05, 3.63) is 0 Å². The van der Waals surface area contributed by atoms with Crippen molar-refractivity contribution in [1.29, 1.82) is 0 Å². The van der Waals surface area contributed by atoms with Crippen molar-refractivity contribution < 1.29 is 19.5 Å². The van der Waals surface area contributed by atoms with Crippen LogP contribution in [-0.4, -0.2) is 35.5 Å². The summed E-state index contributed by atoms with van der Waals surface area (Å²) >= 11 is 0. The average molecular weight is 865 g/mol. The van der Waals surface area contributed by atoms with Crippen molar-refractivity contribution in [2.75, 3.05) is 6.54 Å². The van der Waals surface area contributed by atoms with E-state index in [9.17, 15) is 14.4 Å². The molecular formula is C54H96N4O4. The van der Waals surface area contributed by atoms with Crippen LogP contribution in [0.4, 0.5) is 0 Å². The SMILES string of the molecule is C[C@H](CCC(N)=O)[C@H]1CCC2C3CCC4CCCC[C@]4(C)C3CC[C@@]21C.C[C@H](CCC(N)=O)[C@H]1CCC2C3CCC4CCCC[C@]4(C)C3CC[C@@]21C.NCCCC[C@H](N)C(=O)O. The number of carboxylic acids is 1. The largest absolute Gasteiger partial charge is 0.480 e. The number of nitrogens with two attached hydrogens (primary N) is 4. The first kappa shape index (κ1) is 49.8. The number of carboxylic acid groups (broad SMARTS) is 1. The van der Waals surface area contributed by atoms with Crippen LogP contribution in [0.5, 0.6) is 0 Å². The Morgan fingerprint density at radius 3 is 1.34 bits per heavy atom. The molecule has 8 aliphatic carbocycles. The molecule has 8 rings (SSSR count). The standard InChI is InChI=1S/2C24H41NO.C6H14N2O2/c2*1-16(7-12-22(25)26)19-10-11-20-18-9-8-17-6-4-5-14-23(17,2)21(18)13-15-24(19,20)3;7-4-2-1-3-5(8)6(9)10/h2*16-21H,4-15H2,1-3H3,(H2,25,26);5H,1-4,7-8H2,(H,9,10)/t2*16-,17?,18?,19-,20?,21?,23+,24-;5-/m110/s1. The van der Waals surface area contributed by atoms with Crippen molar-refractivity contribution in [2.24, 2.45) is 116 Å². The van der Waals surface area contributed by atoms with E-state index in [1.165, 1.54) is 128 Å². The number of aliphatic carboxylic acids is 1. The van der Waals surface area contributed by atoms with Crippen LogP contribution in [-0.2, 0) is 14.4 Å². The fourth-order valence-electron chi connectivity index (χ4n) is 18.3. The number of amides is 2. The molecule has 0 aromatic carbocycles. The van der Waals surface area contributed by atoms with Gasteiger partial charge in [-0.3, -0.25) is 14.4 Å². The first-order chi connectivity index (χ1) is 29.4. The van der Waals surface area contributed by atoms with Gasteiger partial charge in [0.2, 0.25) is 11.8 Å². The van der Waals surface area contributed by atoms with Crippen molar-refractivity contribution >= 4 is 17.8 Å². The van der Waals surface area contributed by atoms with Gasteiger partial charge in [-0.15, -0.1) is 0 Å². The molecule has 0 spiro atoms. The van der Waals surface area contributed by atoms with Gasteiger partial charge in [0.05, 0.1) is 0 Å². The molecule has 8 aliphatic rings. The van der Waals surface area contributed by atoms with Crippen molar-refractivity contribution in [1.82, 2.24) is 0 Å². The molecule has 8 fully saturated rings. The lowest BCUT2D eigenvalue weighted by Gasteiger charge is -2.61. The molecule has 8 heteroatoms. The third kappa shape index (κ3) is 10.2. The second kappa shape index (κ2) is 20.9. The predicted octanol–water partition coefficient (Wildman–Crippen LogP) is 11.4. The van der Waals surface area contributed by atoms with Crippen molar-refractivity contribution in [3.8, 4) is 0 Å². The molecule has 0 saturated heterocycles. The molecule has 17 atom stereocenters. The summed E-state index contributed by atoms with van der Waals surface area (Å²) in [7, 11) is 0. The minimum atomic E-state index is -0.933. The van der Waals surface area contributed by atoms with E-state index in [1.807, 2.05) is 0 Å². The smallest absolute Gasteiger partial charge is 0.320 e. The second-order valence-corrected chi connectivity index (χ2v) is 24.5. The Hall–Kier alpha value is -1.67. The van der Waals surface area contributed by atoms with E-state index in [1.54, 1.807) is 0 Å². The number of rotatable bonds is 13. The van der Waals surface area contributed by atoms with Gasteiger partial charge < -0.3 is 28.0 Å². The van der Waals surface area contributed by atoms with Crippen LogP contribution in [0.2, 0.25) is 0 Å². The molecule has 62 heavy (non-hydrogen) atoms. The van der Waals surface area contributed by atoms with Gasteiger partial charge >= 0.3 is 5.97 Å². The van der Waals surface area contributed by atoms with E-state index in [2.05, 4.69) is 41.5 Å². The minimum absolute atomic E-state index is 0.121. The van der Waals surface area contributed by atoms with E-state index < -0.39 is 12.0 Å². The summed E-state index contributed by atoms with van der Waals surface area (Å²) in [5, 5.41) is 8.33. The Kier molecular flexibility index (Phi) is 16.8. The summed E-state index contributed by atoms with van der Waals surface area (Å²) in [6.07, 6.45) is 34.8. The predicted molar refractivity (Wildman–Crippen MR) is 253 cm³/mol. The molecule has 0 aliphatic heterocycles. The first-order valence-corrected chi connectivity index (χ1v) is 26.7. The lowest BCUT2D eigenvalue weighted by Crippen LogP contribution is -2.53. The van der Waals surface area contributed by atoms with Crippen LogP contribution >= 0.6 is 0 Å². The van der Waals surface area contributed by atoms with Crippen molar-refractivity contribution in [2.45, 2.75) is 221 Å². The Morgan fingerprint density at radius 1 is 0.532 bits per heavy atom. The number of hydrogen-bond donors (Lipinski definition) is 5. The lowest BCUT2D eigenvalue weighted by molar-refractivity contribution is -0.138. The third-order valence-corrected chi connectivity index (χ3v) is 21.7. The number of hydrogen-bond acceptors (Lipinski definition) is 5. The first-order valence-electron chi connectivity index (χ1n) is 26.7. The highest BCUT2D eigenvalue weighted by atomic mass is 16.4. The van der Waals surface area contributed by atoms with Gasteiger partial charge in [0.15, 0.2) is 0 Å². The topological polar surface area (TPSA) is 176 Å². The van der Waals surface area contributed by atoms with Gasteiger partial charge in [0.1, 0.15) is 6.04 Å². The normalized spacial score (nSPS) is 43.2. The van der Waals surface area contributed by atoms with E-state index in [0.29, 0.717) is 59.3 Å². The van der Waals surface area contributed by atoms with E-state index in [-0.39, 0.29) is 11.8 Å². The van der Waals surface area contributed by atoms with E-state index in [4.69, 9.17) is 28.0 Å². The Morgan fingerprint density at radius 2 is 0.952 bits per heavy atom. The van der Waals surface area contributed by atoms with Gasteiger partial charge in [-0.1, -0.05) is 73.6 Å². The summed E-state index contributed by atoms with van der Waals surface area (Å²) in [6, 6.07) is -0.716. The maximum Gasteiger partial charge on any atom is 0.320 e. The van der Waals surface area contributed by atoms with Crippen LogP contribution in [0.1, 0.15) is 215 Å². The fourth-order valence-corrected chi connectivity index (χ4v) is 18.3. The van der Waals surface area contributed by atoms with Crippen LogP contribution in [0.3, 0.4) is 0 Å². The zero-order chi connectivity index (χ0) is 45.0. The molecule has 8 unspecified atom stereocenters. The molecule has 356 valence electrons. The summed E-state index contributed by atoms with van der Waals surface area (Å²) in [6.45, 7) is 16.0. The Balaban J connectivity index is 0.000000171. The molecule has 0 aromatic rings. The van der Waals surface area contributed by atoms with Crippen LogP contribution in [0.15, 0.2) is 0 Å². The van der Waals surface area contributed by atoms with Gasteiger partial charge in [0.25, 0.3) is 0 Å². The molecule has 0 aromatic heterocycles. The molecular weight excluding hydrogens is 769 g/mol. The maximum atomic E-state index is 11.3. The van der Waals surface area contributed by atoms with E-state index in [0.717, 1.165) is 84.9 Å². The summed E-state index contributed by atoms with van der Waals surface area (Å²) in [5.41, 5.74) is 23.6. The quantitative estimate of drug-likeness (QED) is 0.115. The van der Waals surface area contributed by atoms with E-state index >= 15 is 0 Å². The van der Waals surface area contributed by atoms with Crippen LogP contribution in [0.25, 0.3) is 0 Å². The zero-order valence-electron chi connectivity index (χ0n) is 40.8. The molecule has 9 N–H and O–H groups in total. The maximum absolute atomic E-state index is 11.3. The van der Waals surface area contributed by atoms with Crippen molar-refractivity contribution in [3.63, 3.8) is 0 Å². The molecule has 0 radical (unpaired) electrons. The van der Waals surface area contributed by atoms with Gasteiger partial charge in [0, 0.05) is 12.8 Å². The fraction of sp³-hybridized carbons (Fsp3) is 0.944. The molecule has 8 saturated carbocycles. The van der Waals surface area contributed by atoms with Crippen LogP contribution < -0.4 is 22.9 Å². The number of primary amides is 2. The summed E-state index contributed by atoms with van der Waals surface area (Å²) in [4.78, 5) is 32.7. The van der Waals surface area contributed by atoms with Gasteiger partial charge in [-0.25, -0.2) is 0 Å². The highest BCUT2D eigenvalue weighted by Crippen LogP contribution is 2.70. The van der Waals surface area contributed by atoms with Gasteiger partial charge in [-0.2, -0.15) is 0 Å². The Labute approximate surface area is 379 Å².